The topological polar surface area (TPSA) is 79.5 Å². The van der Waals surface area contributed by atoms with Gasteiger partial charge in [0.05, 0.1) is 6.54 Å². The Morgan fingerprint density at radius 2 is 2.04 bits per heavy atom. The Bertz CT molecular complexity index is 764. The molecule has 1 aromatic heterocycles. The lowest BCUT2D eigenvalue weighted by atomic mass is 9.96. The lowest BCUT2D eigenvalue weighted by molar-refractivity contribution is 0.0514. The Morgan fingerprint density at radius 1 is 1.33 bits per heavy atom. The molecule has 0 saturated heterocycles. The molecular formula is C18H23NO4S. The van der Waals surface area contributed by atoms with Gasteiger partial charge in [-0.05, 0) is 44.5 Å². The predicted octanol–water partition coefficient (Wildman–Crippen LogP) is 2.41. The molecule has 2 unspecified atom stereocenters. The summed E-state index contributed by atoms with van der Waals surface area (Å²) in [6, 6.07) is 8.79. The Morgan fingerprint density at radius 3 is 2.62 bits per heavy atom. The highest BCUT2D eigenvalue weighted by Gasteiger charge is 2.28. The molecule has 5 nitrogen and oxygen atoms in total. The van der Waals surface area contributed by atoms with Crippen LogP contribution in [0.15, 0.2) is 34.7 Å². The van der Waals surface area contributed by atoms with Crippen molar-refractivity contribution in [2.75, 3.05) is 12.8 Å². The van der Waals surface area contributed by atoms with Crippen molar-refractivity contribution in [3.05, 3.63) is 58.5 Å². The lowest BCUT2D eigenvalue weighted by Gasteiger charge is -2.23. The Hall–Kier alpha value is -1.92. The molecule has 0 bridgehead atoms. The fraction of sp³-hybridized carbons (Fsp3) is 0.389. The van der Waals surface area contributed by atoms with Crippen LogP contribution in [0.25, 0.3) is 0 Å². The van der Waals surface area contributed by atoms with Crippen LogP contribution in [-0.4, -0.2) is 28.0 Å². The van der Waals surface area contributed by atoms with E-state index in [2.05, 4.69) is 5.32 Å². The number of carbonyl (C=O) groups excluding carboxylic acids is 1. The van der Waals surface area contributed by atoms with Gasteiger partial charge in [-0.1, -0.05) is 12.1 Å². The molecule has 0 fully saturated rings. The van der Waals surface area contributed by atoms with E-state index in [1.54, 1.807) is 44.4 Å². The second-order valence-electron chi connectivity index (χ2n) is 6.20. The summed E-state index contributed by atoms with van der Waals surface area (Å²) in [4.78, 5) is 12.3. The van der Waals surface area contributed by atoms with Gasteiger partial charge in [0.1, 0.15) is 17.1 Å². The van der Waals surface area contributed by atoms with Crippen molar-refractivity contribution in [1.29, 1.82) is 0 Å². The van der Waals surface area contributed by atoms with Gasteiger partial charge in [-0.15, -0.1) is 0 Å². The molecule has 0 aliphatic heterocycles. The van der Waals surface area contributed by atoms with Crippen molar-refractivity contribution in [2.45, 2.75) is 32.1 Å². The Kier molecular flexibility index (Phi) is 5.62. The number of aryl methyl sites for hydroxylation is 2. The van der Waals surface area contributed by atoms with Gasteiger partial charge in [-0.3, -0.25) is 9.00 Å². The minimum absolute atomic E-state index is 0.0651. The van der Waals surface area contributed by atoms with E-state index >= 15 is 0 Å². The summed E-state index contributed by atoms with van der Waals surface area (Å²) in [7, 11) is -0.963. The minimum atomic E-state index is -1.22. The number of rotatable bonds is 6. The van der Waals surface area contributed by atoms with Crippen LogP contribution >= 0.6 is 0 Å². The monoisotopic (exact) mass is 349 g/mol. The van der Waals surface area contributed by atoms with Crippen molar-refractivity contribution in [1.82, 2.24) is 5.32 Å². The van der Waals surface area contributed by atoms with Crippen LogP contribution in [0.1, 0.15) is 39.9 Å². The quantitative estimate of drug-likeness (QED) is 0.839. The van der Waals surface area contributed by atoms with Crippen molar-refractivity contribution in [2.24, 2.45) is 0 Å². The molecule has 2 aromatic rings. The largest absolute Gasteiger partial charge is 0.466 e. The number of hydrogen-bond donors (Lipinski definition) is 2. The first-order chi connectivity index (χ1) is 11.2. The van der Waals surface area contributed by atoms with Crippen LogP contribution in [0.4, 0.5) is 0 Å². The van der Waals surface area contributed by atoms with Gasteiger partial charge in [0, 0.05) is 33.9 Å². The molecule has 24 heavy (non-hydrogen) atoms. The molecule has 1 aromatic carbocycles. The van der Waals surface area contributed by atoms with Gasteiger partial charge in [-0.2, -0.15) is 0 Å². The zero-order valence-corrected chi connectivity index (χ0v) is 15.2. The highest BCUT2D eigenvalue weighted by Crippen LogP contribution is 2.26. The second kappa shape index (κ2) is 7.32. The summed E-state index contributed by atoms with van der Waals surface area (Å²) in [5.74, 6) is 1.48. The molecule has 130 valence electrons. The fourth-order valence-corrected chi connectivity index (χ4v) is 3.30. The smallest absolute Gasteiger partial charge is 0.251 e. The maximum Gasteiger partial charge on any atom is 0.251 e. The first kappa shape index (κ1) is 18.4. The molecule has 2 atom stereocenters. The summed E-state index contributed by atoms with van der Waals surface area (Å²) < 4.78 is 16.8. The maximum absolute atomic E-state index is 12.3. The zero-order valence-electron chi connectivity index (χ0n) is 14.4. The Balaban J connectivity index is 2.07. The molecule has 2 rings (SSSR count). The van der Waals surface area contributed by atoms with Crippen molar-refractivity contribution >= 4 is 16.7 Å². The molecular weight excluding hydrogens is 326 g/mol. The summed E-state index contributed by atoms with van der Waals surface area (Å²) in [5.41, 5.74) is 0.765. The van der Waals surface area contributed by atoms with Gasteiger partial charge in [-0.25, -0.2) is 0 Å². The number of nitrogens with one attached hydrogen (secondary N) is 1. The Labute approximate surface area is 144 Å². The van der Waals surface area contributed by atoms with Crippen LogP contribution < -0.4 is 5.32 Å². The minimum Gasteiger partial charge on any atom is -0.466 e. The van der Waals surface area contributed by atoms with Crippen LogP contribution in [0.2, 0.25) is 0 Å². The number of benzene rings is 1. The van der Waals surface area contributed by atoms with E-state index < -0.39 is 16.4 Å². The predicted molar refractivity (Wildman–Crippen MR) is 94.3 cm³/mol. The van der Waals surface area contributed by atoms with E-state index in [1.165, 1.54) is 0 Å². The standard InChI is InChI=1S/C18H23NO4S/c1-12-8-16(13(2)23-12)18(3,21)11-19-17(20)15-7-5-6-14(9-15)10-24(4)22/h5-9,21H,10-11H2,1-4H3,(H,19,20). The summed E-state index contributed by atoms with van der Waals surface area (Å²) in [6.07, 6.45) is 1.62. The highest BCUT2D eigenvalue weighted by atomic mass is 32.2. The molecule has 6 heteroatoms. The average molecular weight is 349 g/mol. The van der Waals surface area contributed by atoms with Gasteiger partial charge in [0.2, 0.25) is 0 Å². The second-order valence-corrected chi connectivity index (χ2v) is 7.64. The van der Waals surface area contributed by atoms with Gasteiger partial charge < -0.3 is 14.8 Å². The molecule has 0 spiro atoms. The third kappa shape index (κ3) is 4.55. The van der Waals surface area contributed by atoms with E-state index in [0.717, 1.165) is 11.3 Å². The van der Waals surface area contributed by atoms with E-state index in [4.69, 9.17) is 4.42 Å². The molecule has 0 saturated carbocycles. The highest BCUT2D eigenvalue weighted by molar-refractivity contribution is 7.83. The molecule has 0 aliphatic carbocycles. The first-order valence-electron chi connectivity index (χ1n) is 7.66. The number of hydrogen-bond acceptors (Lipinski definition) is 4. The number of amides is 1. The van der Waals surface area contributed by atoms with Crippen LogP contribution in [0.3, 0.4) is 0 Å². The van der Waals surface area contributed by atoms with Crippen LogP contribution in [-0.2, 0) is 22.2 Å². The number of carbonyl (C=O) groups is 1. The third-order valence-electron chi connectivity index (χ3n) is 3.77. The summed E-state index contributed by atoms with van der Waals surface area (Å²) in [6.45, 7) is 5.30. The van der Waals surface area contributed by atoms with E-state index in [0.29, 0.717) is 22.6 Å². The maximum atomic E-state index is 12.3. The van der Waals surface area contributed by atoms with Crippen molar-refractivity contribution in [3.8, 4) is 0 Å². The van der Waals surface area contributed by atoms with E-state index in [-0.39, 0.29) is 12.5 Å². The molecule has 0 aliphatic rings. The SMILES string of the molecule is Cc1cc(C(C)(O)CNC(=O)c2cccc(CS(C)=O)c2)c(C)o1. The van der Waals surface area contributed by atoms with Gasteiger partial charge in [0.15, 0.2) is 0 Å². The summed E-state index contributed by atoms with van der Waals surface area (Å²) >= 11 is 0. The zero-order chi connectivity index (χ0) is 17.9. The van der Waals surface area contributed by atoms with Gasteiger partial charge >= 0.3 is 0 Å². The number of aliphatic hydroxyl groups is 1. The molecule has 0 radical (unpaired) electrons. The molecule has 1 amide bonds. The molecule has 2 N–H and O–H groups in total. The normalized spacial score (nSPS) is 14.9. The fourth-order valence-electron chi connectivity index (χ4n) is 2.65. The average Bonchev–Trinajstić information content (AvgIpc) is 2.84. The number of furan rings is 1. The van der Waals surface area contributed by atoms with Crippen LogP contribution in [0.5, 0.6) is 0 Å². The molecule has 1 heterocycles. The van der Waals surface area contributed by atoms with Crippen LogP contribution in [0, 0.1) is 13.8 Å². The van der Waals surface area contributed by atoms with Crippen molar-refractivity contribution in [3.63, 3.8) is 0 Å². The summed E-state index contributed by atoms with van der Waals surface area (Å²) in [5, 5.41) is 13.4. The first-order valence-corrected chi connectivity index (χ1v) is 9.39. The van der Waals surface area contributed by atoms with Crippen molar-refractivity contribution < 1.29 is 18.5 Å². The van der Waals surface area contributed by atoms with E-state index in [9.17, 15) is 14.1 Å². The van der Waals surface area contributed by atoms with E-state index in [1.807, 2.05) is 13.0 Å². The van der Waals surface area contributed by atoms with Gasteiger partial charge in [0.25, 0.3) is 5.91 Å². The lowest BCUT2D eigenvalue weighted by Crippen LogP contribution is -2.38. The third-order valence-corrected chi connectivity index (χ3v) is 4.51.